The van der Waals surface area contributed by atoms with Crippen molar-refractivity contribution in [2.75, 3.05) is 7.11 Å². The fourth-order valence-electron chi connectivity index (χ4n) is 3.22. The van der Waals surface area contributed by atoms with Gasteiger partial charge in [-0.05, 0) is 41.5 Å². The van der Waals surface area contributed by atoms with Crippen LogP contribution in [0.1, 0.15) is 26.6 Å². The molecule has 0 atom stereocenters. The van der Waals surface area contributed by atoms with Gasteiger partial charge < -0.3 is 4.74 Å². The first kappa shape index (κ1) is 18.1. The van der Waals surface area contributed by atoms with Crippen molar-refractivity contribution in [1.82, 2.24) is 15.0 Å². The highest BCUT2D eigenvalue weighted by Gasteiger charge is 2.22. The Morgan fingerprint density at radius 2 is 1.61 bits per heavy atom. The number of ether oxygens (including phenoxy) is 1. The molecule has 2 heterocycles. The molecule has 0 aliphatic rings. The van der Waals surface area contributed by atoms with Crippen LogP contribution in [0.2, 0.25) is 0 Å². The molecular formula is C24H23N3O. The zero-order valence-corrected chi connectivity index (χ0v) is 16.6. The summed E-state index contributed by atoms with van der Waals surface area (Å²) in [6.45, 7) is 6.39. The Kier molecular flexibility index (Phi) is 4.55. The third-order valence-corrected chi connectivity index (χ3v) is 4.70. The minimum absolute atomic E-state index is 0.159. The van der Waals surface area contributed by atoms with Gasteiger partial charge in [-0.1, -0.05) is 51.1 Å². The van der Waals surface area contributed by atoms with Crippen molar-refractivity contribution in [1.29, 1.82) is 0 Å². The summed E-state index contributed by atoms with van der Waals surface area (Å²) in [5, 5.41) is 1.01. The van der Waals surface area contributed by atoms with Crippen LogP contribution in [0.4, 0.5) is 0 Å². The van der Waals surface area contributed by atoms with E-state index < -0.39 is 0 Å². The summed E-state index contributed by atoms with van der Waals surface area (Å²) < 4.78 is 5.30. The standard InChI is InChI=1S/C24H23N3O/c1-24(2,3)23-26-19-10-7-8-18(16-11-13-17(28-4)14-12-16)21(19)22(27-23)20-9-5-6-15-25-20/h5-15H,1-4H3. The van der Waals surface area contributed by atoms with Crippen molar-refractivity contribution in [3.05, 3.63) is 72.7 Å². The first-order valence-corrected chi connectivity index (χ1v) is 9.34. The van der Waals surface area contributed by atoms with Crippen LogP contribution in [0.15, 0.2) is 66.9 Å². The van der Waals surface area contributed by atoms with E-state index in [1.807, 2.05) is 42.5 Å². The molecule has 0 amide bonds. The summed E-state index contributed by atoms with van der Waals surface area (Å²) in [6, 6.07) is 20.2. The molecule has 2 aromatic heterocycles. The fraction of sp³-hybridized carbons (Fsp3) is 0.208. The maximum absolute atomic E-state index is 5.30. The average Bonchev–Trinajstić information content (AvgIpc) is 2.72. The molecule has 0 aliphatic heterocycles. The van der Waals surface area contributed by atoms with Gasteiger partial charge in [0, 0.05) is 17.0 Å². The van der Waals surface area contributed by atoms with E-state index in [1.54, 1.807) is 13.3 Å². The molecule has 0 radical (unpaired) electrons. The number of hydrogen-bond acceptors (Lipinski definition) is 4. The number of pyridine rings is 1. The molecule has 2 aromatic carbocycles. The quantitative estimate of drug-likeness (QED) is 0.467. The average molecular weight is 369 g/mol. The van der Waals surface area contributed by atoms with Crippen LogP contribution in [0.25, 0.3) is 33.4 Å². The van der Waals surface area contributed by atoms with E-state index in [1.165, 1.54) is 0 Å². The Hall–Kier alpha value is -3.27. The Labute approximate surface area is 165 Å². The Bertz CT molecular complexity index is 1110. The molecule has 0 N–H and O–H groups in total. The minimum Gasteiger partial charge on any atom is -0.497 e. The molecule has 0 unspecified atom stereocenters. The van der Waals surface area contributed by atoms with Crippen LogP contribution in [0.5, 0.6) is 5.75 Å². The maximum atomic E-state index is 5.30. The third-order valence-electron chi connectivity index (χ3n) is 4.70. The summed E-state index contributed by atoms with van der Waals surface area (Å²) in [5.41, 5.74) is 4.66. The van der Waals surface area contributed by atoms with Crippen molar-refractivity contribution in [3.63, 3.8) is 0 Å². The smallest absolute Gasteiger partial charge is 0.135 e. The van der Waals surface area contributed by atoms with Gasteiger partial charge in [-0.2, -0.15) is 0 Å². The highest BCUT2D eigenvalue weighted by molar-refractivity contribution is 6.02. The van der Waals surface area contributed by atoms with E-state index in [2.05, 4.69) is 44.0 Å². The number of benzene rings is 2. The van der Waals surface area contributed by atoms with Crippen molar-refractivity contribution >= 4 is 10.9 Å². The zero-order valence-electron chi connectivity index (χ0n) is 16.6. The van der Waals surface area contributed by atoms with Gasteiger partial charge in [0.15, 0.2) is 0 Å². The monoisotopic (exact) mass is 369 g/mol. The van der Waals surface area contributed by atoms with Crippen LogP contribution in [-0.4, -0.2) is 22.1 Å². The summed E-state index contributed by atoms with van der Waals surface area (Å²) in [4.78, 5) is 14.4. The lowest BCUT2D eigenvalue weighted by Crippen LogP contribution is -2.17. The van der Waals surface area contributed by atoms with Crippen molar-refractivity contribution in [2.45, 2.75) is 26.2 Å². The van der Waals surface area contributed by atoms with Crippen LogP contribution in [0, 0.1) is 0 Å². The molecule has 0 aliphatic carbocycles. The Morgan fingerprint density at radius 1 is 0.821 bits per heavy atom. The van der Waals surface area contributed by atoms with E-state index in [-0.39, 0.29) is 5.41 Å². The van der Waals surface area contributed by atoms with E-state index >= 15 is 0 Å². The first-order chi connectivity index (χ1) is 13.5. The van der Waals surface area contributed by atoms with E-state index in [0.29, 0.717) is 0 Å². The molecule has 4 aromatic rings. The second-order valence-corrected chi connectivity index (χ2v) is 7.79. The number of hydrogen-bond donors (Lipinski definition) is 0. The largest absolute Gasteiger partial charge is 0.497 e. The van der Waals surface area contributed by atoms with Gasteiger partial charge in [-0.25, -0.2) is 9.97 Å². The number of methoxy groups -OCH3 is 1. The number of rotatable bonds is 3. The van der Waals surface area contributed by atoms with Gasteiger partial charge in [-0.15, -0.1) is 0 Å². The lowest BCUT2D eigenvalue weighted by Gasteiger charge is -2.20. The van der Waals surface area contributed by atoms with Gasteiger partial charge in [0.2, 0.25) is 0 Å². The lowest BCUT2D eigenvalue weighted by atomic mass is 9.93. The third kappa shape index (κ3) is 3.33. The maximum Gasteiger partial charge on any atom is 0.135 e. The molecule has 0 spiro atoms. The molecule has 0 fully saturated rings. The SMILES string of the molecule is COc1ccc(-c2cccc3nc(C(C)(C)C)nc(-c4ccccn4)c23)cc1. The molecule has 4 rings (SSSR count). The summed E-state index contributed by atoms with van der Waals surface area (Å²) in [6.07, 6.45) is 1.80. The van der Waals surface area contributed by atoms with Gasteiger partial charge in [0.05, 0.1) is 18.3 Å². The van der Waals surface area contributed by atoms with Gasteiger partial charge in [0.1, 0.15) is 17.3 Å². The molecule has 0 saturated heterocycles. The number of nitrogens with zero attached hydrogens (tertiary/aromatic N) is 3. The van der Waals surface area contributed by atoms with E-state index in [0.717, 1.165) is 45.0 Å². The van der Waals surface area contributed by atoms with Crippen LogP contribution < -0.4 is 4.74 Å². The highest BCUT2D eigenvalue weighted by atomic mass is 16.5. The zero-order chi connectivity index (χ0) is 19.7. The second kappa shape index (κ2) is 7.04. The van der Waals surface area contributed by atoms with Crippen molar-refractivity contribution in [3.8, 4) is 28.3 Å². The van der Waals surface area contributed by atoms with Crippen molar-refractivity contribution in [2.24, 2.45) is 0 Å². The predicted octanol–water partition coefficient (Wildman–Crippen LogP) is 5.66. The minimum atomic E-state index is -0.159. The van der Waals surface area contributed by atoms with Crippen LogP contribution in [-0.2, 0) is 5.41 Å². The molecule has 140 valence electrons. The first-order valence-electron chi connectivity index (χ1n) is 9.34. The molecule has 4 heteroatoms. The second-order valence-electron chi connectivity index (χ2n) is 7.79. The summed E-state index contributed by atoms with van der Waals surface area (Å²) in [5.74, 6) is 1.65. The van der Waals surface area contributed by atoms with Gasteiger partial charge in [-0.3, -0.25) is 4.98 Å². The molecule has 4 nitrogen and oxygen atoms in total. The molecule has 0 bridgehead atoms. The van der Waals surface area contributed by atoms with E-state index in [9.17, 15) is 0 Å². The highest BCUT2D eigenvalue weighted by Crippen LogP contribution is 2.36. The van der Waals surface area contributed by atoms with E-state index in [4.69, 9.17) is 14.7 Å². The summed E-state index contributed by atoms with van der Waals surface area (Å²) >= 11 is 0. The van der Waals surface area contributed by atoms with Crippen molar-refractivity contribution < 1.29 is 4.74 Å². The molecule has 0 saturated carbocycles. The lowest BCUT2D eigenvalue weighted by molar-refractivity contribution is 0.415. The molecule has 28 heavy (non-hydrogen) atoms. The Morgan fingerprint density at radius 3 is 2.25 bits per heavy atom. The van der Waals surface area contributed by atoms with Crippen LogP contribution >= 0.6 is 0 Å². The fourth-order valence-corrected chi connectivity index (χ4v) is 3.22. The Balaban J connectivity index is 2.04. The summed E-state index contributed by atoms with van der Waals surface area (Å²) in [7, 11) is 1.67. The number of fused-ring (bicyclic) bond motifs is 1. The van der Waals surface area contributed by atoms with Gasteiger partial charge in [0.25, 0.3) is 0 Å². The predicted molar refractivity (Wildman–Crippen MR) is 113 cm³/mol. The normalized spacial score (nSPS) is 11.6. The van der Waals surface area contributed by atoms with Crippen LogP contribution in [0.3, 0.4) is 0 Å². The topological polar surface area (TPSA) is 47.9 Å². The molecular weight excluding hydrogens is 346 g/mol. The van der Waals surface area contributed by atoms with Gasteiger partial charge >= 0.3 is 0 Å². The number of aromatic nitrogens is 3.